The smallest absolute Gasteiger partial charge is 0.319 e. The molecule has 0 aliphatic carbocycles. The Morgan fingerprint density at radius 1 is 1.32 bits per heavy atom. The van der Waals surface area contributed by atoms with E-state index in [1.165, 1.54) is 0 Å². The number of hydrogen-bond donors (Lipinski definition) is 2. The molecule has 0 radical (unpaired) electrons. The second kappa shape index (κ2) is 6.42. The molecule has 2 aliphatic rings. The molecule has 120 valence electrons. The van der Waals surface area contributed by atoms with Crippen molar-refractivity contribution in [3.05, 3.63) is 29.8 Å². The highest BCUT2D eigenvalue weighted by Crippen LogP contribution is 2.38. The molecule has 2 amide bonds. The van der Waals surface area contributed by atoms with E-state index in [9.17, 15) is 13.6 Å². The van der Waals surface area contributed by atoms with Crippen molar-refractivity contribution in [2.75, 3.05) is 23.4 Å². The first-order valence-electron chi connectivity index (χ1n) is 7.30. The highest BCUT2D eigenvalue weighted by Gasteiger charge is 2.40. The van der Waals surface area contributed by atoms with Gasteiger partial charge in [0.15, 0.2) is 0 Å². The number of carbonyl (C=O) groups excluding carboxylic acids is 1. The van der Waals surface area contributed by atoms with Crippen LogP contribution in [0.15, 0.2) is 18.2 Å². The van der Waals surface area contributed by atoms with Crippen molar-refractivity contribution in [3.63, 3.8) is 0 Å². The maximum absolute atomic E-state index is 13.1. The minimum Gasteiger partial charge on any atom is -0.374 e. The van der Waals surface area contributed by atoms with E-state index in [4.69, 9.17) is 4.74 Å². The largest absolute Gasteiger partial charge is 0.374 e. The zero-order chi connectivity index (χ0) is 15.6. The van der Waals surface area contributed by atoms with Gasteiger partial charge in [-0.25, -0.2) is 13.6 Å². The first kappa shape index (κ1) is 15.6. The molecule has 2 N–H and O–H groups in total. The third-order valence-electron chi connectivity index (χ3n) is 4.02. The van der Waals surface area contributed by atoms with Gasteiger partial charge in [-0.3, -0.25) is 0 Å². The monoisotopic (exact) mass is 328 g/mol. The fourth-order valence-electron chi connectivity index (χ4n) is 2.99. The molecule has 22 heavy (non-hydrogen) atoms. The summed E-state index contributed by atoms with van der Waals surface area (Å²) in [6, 6.07) is 2.51. The van der Waals surface area contributed by atoms with E-state index in [0.29, 0.717) is 6.61 Å². The van der Waals surface area contributed by atoms with Gasteiger partial charge in [0, 0.05) is 30.2 Å². The molecule has 2 heterocycles. The Labute approximate surface area is 132 Å². The number of thioether (sulfide) groups is 1. The van der Waals surface area contributed by atoms with Crippen molar-refractivity contribution in [1.82, 2.24) is 5.32 Å². The summed E-state index contributed by atoms with van der Waals surface area (Å²) in [4.78, 5) is 12.0. The normalized spacial score (nSPS) is 27.8. The number of urea groups is 1. The second-order valence-corrected chi connectivity index (χ2v) is 6.89. The number of anilines is 1. The molecule has 0 bridgehead atoms. The fourth-order valence-corrected chi connectivity index (χ4v) is 4.37. The predicted octanol–water partition coefficient (Wildman–Crippen LogP) is 3.14. The summed E-state index contributed by atoms with van der Waals surface area (Å²) in [5.41, 5.74) is -0.0144. The van der Waals surface area contributed by atoms with Crippen molar-refractivity contribution in [2.24, 2.45) is 0 Å². The van der Waals surface area contributed by atoms with Crippen LogP contribution in [0, 0.1) is 11.6 Å². The first-order chi connectivity index (χ1) is 10.5. The molecule has 3 rings (SSSR count). The zero-order valence-electron chi connectivity index (χ0n) is 12.0. The molecule has 4 nitrogen and oxygen atoms in total. The van der Waals surface area contributed by atoms with Gasteiger partial charge in [-0.2, -0.15) is 11.8 Å². The van der Waals surface area contributed by atoms with E-state index in [2.05, 4.69) is 10.6 Å². The van der Waals surface area contributed by atoms with E-state index >= 15 is 0 Å². The van der Waals surface area contributed by atoms with Crippen molar-refractivity contribution in [1.29, 1.82) is 0 Å². The summed E-state index contributed by atoms with van der Waals surface area (Å²) in [6.07, 6.45) is 2.54. The Balaban J connectivity index is 1.57. The van der Waals surface area contributed by atoms with Crippen molar-refractivity contribution in [2.45, 2.75) is 30.9 Å². The topological polar surface area (TPSA) is 50.4 Å². The highest BCUT2D eigenvalue weighted by molar-refractivity contribution is 7.99. The molecule has 1 aromatic rings. The lowest BCUT2D eigenvalue weighted by atomic mass is 9.90. The quantitative estimate of drug-likeness (QED) is 0.877. The van der Waals surface area contributed by atoms with Crippen LogP contribution in [0.2, 0.25) is 0 Å². The van der Waals surface area contributed by atoms with Crippen LogP contribution in [0.4, 0.5) is 19.3 Å². The molecule has 2 atom stereocenters. The number of benzene rings is 1. The summed E-state index contributed by atoms with van der Waals surface area (Å²) in [7, 11) is 0. The van der Waals surface area contributed by atoms with Gasteiger partial charge in [0.2, 0.25) is 0 Å². The van der Waals surface area contributed by atoms with Crippen LogP contribution in [0.5, 0.6) is 0 Å². The van der Waals surface area contributed by atoms with Gasteiger partial charge < -0.3 is 15.4 Å². The number of nitrogens with one attached hydrogen (secondary N) is 2. The Kier molecular flexibility index (Phi) is 4.54. The number of ether oxygens (including phenoxy) is 1. The molecule has 2 fully saturated rings. The molecular weight excluding hydrogens is 310 g/mol. The standard InChI is InChI=1S/C15H18F2N2O2S/c16-10-5-11(17)7-13(6-10)19-14(20)18-12-1-3-21-15(8-12)2-4-22-9-15/h5-7,12H,1-4,8-9H2,(H2,18,19,20)/t12-,15+/m1/s1. The maximum atomic E-state index is 13.1. The minimum atomic E-state index is -0.719. The lowest BCUT2D eigenvalue weighted by Crippen LogP contribution is -2.49. The fraction of sp³-hybridized carbons (Fsp3) is 0.533. The van der Waals surface area contributed by atoms with Crippen molar-refractivity contribution in [3.8, 4) is 0 Å². The van der Waals surface area contributed by atoms with Gasteiger partial charge in [0.05, 0.1) is 5.60 Å². The van der Waals surface area contributed by atoms with Gasteiger partial charge in [-0.15, -0.1) is 0 Å². The average molecular weight is 328 g/mol. The van der Waals surface area contributed by atoms with Gasteiger partial charge in [-0.1, -0.05) is 0 Å². The molecule has 1 aromatic carbocycles. The minimum absolute atomic E-state index is 0.0193. The second-order valence-electron chi connectivity index (χ2n) is 5.78. The van der Waals surface area contributed by atoms with E-state index in [1.54, 1.807) is 0 Å². The number of carbonyl (C=O) groups is 1. The molecular formula is C15H18F2N2O2S. The average Bonchev–Trinajstić information content (AvgIpc) is 2.85. The lowest BCUT2D eigenvalue weighted by Gasteiger charge is -2.37. The Morgan fingerprint density at radius 3 is 2.77 bits per heavy atom. The maximum Gasteiger partial charge on any atom is 0.319 e. The predicted molar refractivity (Wildman–Crippen MR) is 82.2 cm³/mol. The molecule has 2 aliphatic heterocycles. The molecule has 0 aromatic heterocycles. The van der Waals surface area contributed by atoms with Crippen LogP contribution in [0.3, 0.4) is 0 Å². The number of rotatable bonds is 2. The number of amides is 2. The van der Waals surface area contributed by atoms with Gasteiger partial charge >= 0.3 is 6.03 Å². The van der Waals surface area contributed by atoms with Crippen LogP contribution in [-0.2, 0) is 4.74 Å². The Bertz CT molecular complexity index is 544. The molecule has 7 heteroatoms. The Morgan fingerprint density at radius 2 is 2.09 bits per heavy atom. The highest BCUT2D eigenvalue weighted by atomic mass is 32.2. The molecule has 0 unspecified atom stereocenters. The van der Waals surface area contributed by atoms with E-state index in [-0.39, 0.29) is 17.3 Å². The van der Waals surface area contributed by atoms with Crippen LogP contribution in [0.25, 0.3) is 0 Å². The van der Waals surface area contributed by atoms with Crippen LogP contribution in [-0.4, -0.2) is 35.8 Å². The number of halogens is 2. The van der Waals surface area contributed by atoms with E-state index < -0.39 is 17.7 Å². The third-order valence-corrected chi connectivity index (χ3v) is 5.24. The zero-order valence-corrected chi connectivity index (χ0v) is 12.8. The summed E-state index contributed by atoms with van der Waals surface area (Å²) in [5, 5.41) is 5.35. The number of hydrogen-bond acceptors (Lipinski definition) is 3. The van der Waals surface area contributed by atoms with Gasteiger partial charge in [0.25, 0.3) is 0 Å². The van der Waals surface area contributed by atoms with Crippen molar-refractivity contribution < 1.29 is 18.3 Å². The summed E-state index contributed by atoms with van der Waals surface area (Å²) < 4.78 is 32.1. The molecule has 2 saturated heterocycles. The molecule has 0 saturated carbocycles. The summed E-state index contributed by atoms with van der Waals surface area (Å²) in [6.45, 7) is 0.625. The van der Waals surface area contributed by atoms with Crippen LogP contribution >= 0.6 is 11.8 Å². The molecule has 1 spiro atoms. The van der Waals surface area contributed by atoms with Gasteiger partial charge in [0.1, 0.15) is 11.6 Å². The SMILES string of the molecule is O=C(Nc1cc(F)cc(F)c1)N[C@@H]1CCO[C@@]2(CCSC2)C1. The van der Waals surface area contributed by atoms with E-state index in [1.807, 2.05) is 11.8 Å². The first-order valence-corrected chi connectivity index (χ1v) is 8.45. The summed E-state index contributed by atoms with van der Waals surface area (Å²) >= 11 is 1.87. The summed E-state index contributed by atoms with van der Waals surface area (Å²) in [5.74, 6) is 0.607. The lowest BCUT2D eigenvalue weighted by molar-refractivity contribution is -0.0682. The van der Waals surface area contributed by atoms with Crippen molar-refractivity contribution >= 4 is 23.5 Å². The van der Waals surface area contributed by atoms with Gasteiger partial charge in [-0.05, 0) is 37.1 Å². The third kappa shape index (κ3) is 3.70. The van der Waals surface area contributed by atoms with Crippen LogP contribution in [0.1, 0.15) is 19.3 Å². The Hall–Kier alpha value is -1.34. The van der Waals surface area contributed by atoms with E-state index in [0.717, 1.165) is 49.0 Å². The van der Waals surface area contributed by atoms with Crippen LogP contribution < -0.4 is 10.6 Å².